The highest BCUT2D eigenvalue weighted by Gasteiger charge is 2.01. The van der Waals surface area contributed by atoms with Gasteiger partial charge in [0.25, 0.3) is 5.95 Å². The molecular formula is C11H13N5. The zero-order valence-corrected chi connectivity index (χ0v) is 9.01. The van der Waals surface area contributed by atoms with Crippen LogP contribution < -0.4 is 11.3 Å². The Morgan fingerprint density at radius 3 is 2.62 bits per heavy atom. The second-order valence-electron chi connectivity index (χ2n) is 3.36. The largest absolute Gasteiger partial charge is 0.291 e. The normalized spacial score (nSPS) is 10.1. The monoisotopic (exact) mass is 215 g/mol. The smallest absolute Gasteiger partial charge is 0.257 e. The van der Waals surface area contributed by atoms with E-state index in [9.17, 15) is 0 Å². The van der Waals surface area contributed by atoms with E-state index in [1.54, 1.807) is 6.20 Å². The number of nitrogens with one attached hydrogen (secondary N) is 1. The van der Waals surface area contributed by atoms with Gasteiger partial charge in [-0.15, -0.1) is 5.10 Å². The lowest BCUT2D eigenvalue weighted by molar-refractivity contribution is 0.966. The van der Waals surface area contributed by atoms with Gasteiger partial charge < -0.3 is 0 Å². The van der Waals surface area contributed by atoms with Crippen LogP contribution in [0.3, 0.4) is 0 Å². The third-order valence-electron chi connectivity index (χ3n) is 2.35. The van der Waals surface area contributed by atoms with Gasteiger partial charge in [0.2, 0.25) is 0 Å². The maximum atomic E-state index is 5.23. The topological polar surface area (TPSA) is 76.7 Å². The van der Waals surface area contributed by atoms with E-state index >= 15 is 0 Å². The van der Waals surface area contributed by atoms with Crippen LogP contribution in [0.25, 0.3) is 11.3 Å². The van der Waals surface area contributed by atoms with Crippen molar-refractivity contribution < 1.29 is 0 Å². The van der Waals surface area contributed by atoms with Gasteiger partial charge in [-0.3, -0.25) is 5.43 Å². The summed E-state index contributed by atoms with van der Waals surface area (Å²) in [6, 6.07) is 8.19. The van der Waals surface area contributed by atoms with Crippen molar-refractivity contribution in [3.05, 3.63) is 36.0 Å². The van der Waals surface area contributed by atoms with E-state index < -0.39 is 0 Å². The van der Waals surface area contributed by atoms with Crippen LogP contribution in [0.1, 0.15) is 12.5 Å². The number of aromatic nitrogens is 3. The van der Waals surface area contributed by atoms with Crippen LogP contribution in [0.15, 0.2) is 30.5 Å². The van der Waals surface area contributed by atoms with Gasteiger partial charge in [0.1, 0.15) is 0 Å². The Bertz CT molecular complexity index is 466. The van der Waals surface area contributed by atoms with E-state index in [0.717, 1.165) is 17.7 Å². The molecule has 2 rings (SSSR count). The average Bonchev–Trinajstić information content (AvgIpc) is 2.39. The highest BCUT2D eigenvalue weighted by molar-refractivity contribution is 5.59. The molecule has 5 nitrogen and oxygen atoms in total. The van der Waals surface area contributed by atoms with Crippen molar-refractivity contribution in [3.8, 4) is 11.3 Å². The Labute approximate surface area is 93.7 Å². The number of anilines is 1. The highest BCUT2D eigenvalue weighted by atomic mass is 15.3. The summed E-state index contributed by atoms with van der Waals surface area (Å²) in [5, 5.41) is 7.54. The second kappa shape index (κ2) is 4.67. The predicted molar refractivity (Wildman–Crippen MR) is 62.5 cm³/mol. The molecule has 1 heterocycles. The number of nitrogen functional groups attached to an aromatic ring is 1. The SMILES string of the molecule is CCc1ccc(-c2cnnc(NN)n2)cc1. The second-order valence-corrected chi connectivity index (χ2v) is 3.36. The molecule has 3 N–H and O–H groups in total. The van der Waals surface area contributed by atoms with Crippen molar-refractivity contribution in [1.82, 2.24) is 15.2 Å². The molecule has 16 heavy (non-hydrogen) atoms. The molecule has 0 saturated carbocycles. The van der Waals surface area contributed by atoms with Crippen molar-refractivity contribution >= 4 is 5.95 Å². The van der Waals surface area contributed by atoms with Gasteiger partial charge in [0.15, 0.2) is 0 Å². The van der Waals surface area contributed by atoms with Crippen LogP contribution in [-0.2, 0) is 6.42 Å². The summed E-state index contributed by atoms with van der Waals surface area (Å²) in [6.07, 6.45) is 2.64. The summed E-state index contributed by atoms with van der Waals surface area (Å²) >= 11 is 0. The summed E-state index contributed by atoms with van der Waals surface area (Å²) < 4.78 is 0. The Kier molecular flexibility index (Phi) is 3.07. The van der Waals surface area contributed by atoms with E-state index in [-0.39, 0.29) is 0 Å². The third-order valence-corrected chi connectivity index (χ3v) is 2.35. The molecule has 0 bridgehead atoms. The van der Waals surface area contributed by atoms with Crippen molar-refractivity contribution in [3.63, 3.8) is 0 Å². The first-order chi connectivity index (χ1) is 7.83. The molecule has 0 fully saturated rings. The molecule has 0 aliphatic rings. The molecule has 0 unspecified atom stereocenters. The van der Waals surface area contributed by atoms with Crippen LogP contribution in [0.2, 0.25) is 0 Å². The van der Waals surface area contributed by atoms with Crippen LogP contribution in [-0.4, -0.2) is 15.2 Å². The zero-order chi connectivity index (χ0) is 11.4. The summed E-state index contributed by atoms with van der Waals surface area (Å²) in [4.78, 5) is 4.21. The molecule has 0 atom stereocenters. The van der Waals surface area contributed by atoms with Gasteiger partial charge >= 0.3 is 0 Å². The summed E-state index contributed by atoms with van der Waals surface area (Å²) in [5.41, 5.74) is 5.43. The minimum atomic E-state index is 0.317. The van der Waals surface area contributed by atoms with Crippen LogP contribution in [0.4, 0.5) is 5.95 Å². The molecule has 5 heteroatoms. The van der Waals surface area contributed by atoms with Gasteiger partial charge in [-0.25, -0.2) is 10.8 Å². The molecule has 1 aromatic carbocycles. The number of nitrogens with zero attached hydrogens (tertiary/aromatic N) is 3. The lowest BCUT2D eigenvalue weighted by atomic mass is 10.1. The minimum Gasteiger partial charge on any atom is -0.291 e. The van der Waals surface area contributed by atoms with Crippen LogP contribution in [0.5, 0.6) is 0 Å². The predicted octanol–water partition coefficient (Wildman–Crippen LogP) is 1.39. The van der Waals surface area contributed by atoms with Crippen molar-refractivity contribution in [2.45, 2.75) is 13.3 Å². The Morgan fingerprint density at radius 1 is 1.25 bits per heavy atom. The molecule has 0 amide bonds. The van der Waals surface area contributed by atoms with Crippen LogP contribution in [0, 0.1) is 0 Å². The highest BCUT2D eigenvalue weighted by Crippen LogP contribution is 2.17. The summed E-state index contributed by atoms with van der Waals surface area (Å²) in [5.74, 6) is 5.54. The fourth-order valence-corrected chi connectivity index (χ4v) is 1.42. The number of aryl methyl sites for hydroxylation is 1. The van der Waals surface area contributed by atoms with Crippen LogP contribution >= 0.6 is 0 Å². The average molecular weight is 215 g/mol. The molecule has 0 spiro atoms. The minimum absolute atomic E-state index is 0.317. The van der Waals surface area contributed by atoms with E-state index in [4.69, 9.17) is 5.84 Å². The zero-order valence-electron chi connectivity index (χ0n) is 9.01. The number of hydrazine groups is 1. The lowest BCUT2D eigenvalue weighted by Gasteiger charge is -2.03. The van der Waals surface area contributed by atoms with Gasteiger partial charge in [-0.2, -0.15) is 5.10 Å². The Hall–Kier alpha value is -2.01. The van der Waals surface area contributed by atoms with Crippen molar-refractivity contribution in [2.24, 2.45) is 5.84 Å². The number of rotatable bonds is 3. The number of hydrogen-bond donors (Lipinski definition) is 2. The fraction of sp³-hybridized carbons (Fsp3) is 0.182. The van der Waals surface area contributed by atoms with Crippen molar-refractivity contribution in [1.29, 1.82) is 0 Å². The summed E-state index contributed by atoms with van der Waals surface area (Å²) in [6.45, 7) is 2.12. The molecule has 82 valence electrons. The first kappa shape index (κ1) is 10.5. The molecular weight excluding hydrogens is 202 g/mol. The molecule has 0 saturated heterocycles. The molecule has 0 radical (unpaired) electrons. The molecule has 1 aromatic heterocycles. The van der Waals surface area contributed by atoms with E-state index in [0.29, 0.717) is 5.95 Å². The van der Waals surface area contributed by atoms with Gasteiger partial charge in [-0.1, -0.05) is 31.2 Å². The first-order valence-corrected chi connectivity index (χ1v) is 5.09. The maximum absolute atomic E-state index is 5.23. The van der Waals surface area contributed by atoms with Gasteiger partial charge in [-0.05, 0) is 12.0 Å². The standard InChI is InChI=1S/C11H13N5/c1-2-8-3-5-9(6-4-8)10-7-13-16-11(14-10)15-12/h3-7H,2,12H2,1H3,(H,14,15,16). The summed E-state index contributed by atoms with van der Waals surface area (Å²) in [7, 11) is 0. The molecule has 0 aliphatic heterocycles. The Balaban J connectivity index is 2.34. The lowest BCUT2D eigenvalue weighted by Crippen LogP contribution is -2.11. The van der Waals surface area contributed by atoms with Gasteiger partial charge in [0.05, 0.1) is 11.9 Å². The quantitative estimate of drug-likeness (QED) is 0.597. The third kappa shape index (κ3) is 2.14. The van der Waals surface area contributed by atoms with E-state index in [1.807, 2.05) is 12.1 Å². The molecule has 0 aliphatic carbocycles. The number of nitrogens with two attached hydrogens (primary N) is 1. The maximum Gasteiger partial charge on any atom is 0.257 e. The molecule has 2 aromatic rings. The number of hydrogen-bond acceptors (Lipinski definition) is 5. The van der Waals surface area contributed by atoms with Crippen molar-refractivity contribution in [2.75, 3.05) is 5.43 Å². The Morgan fingerprint density at radius 2 is 2.00 bits per heavy atom. The first-order valence-electron chi connectivity index (χ1n) is 5.09. The number of benzene rings is 1. The van der Waals surface area contributed by atoms with E-state index in [1.165, 1.54) is 5.56 Å². The van der Waals surface area contributed by atoms with E-state index in [2.05, 4.69) is 39.7 Å². The van der Waals surface area contributed by atoms with Gasteiger partial charge in [0, 0.05) is 5.56 Å². The fourth-order valence-electron chi connectivity index (χ4n) is 1.42.